The Hall–Kier alpha value is -3.07. The maximum absolute atomic E-state index is 13.0. The Kier molecular flexibility index (Phi) is 5.96. The minimum Gasteiger partial charge on any atom is -0.375 e. The van der Waals surface area contributed by atoms with Crippen molar-refractivity contribution in [1.82, 2.24) is 10.3 Å². The average Bonchev–Trinajstić information content (AvgIpc) is 2.57. The zero-order valence-corrected chi connectivity index (χ0v) is 13.6. The first-order chi connectivity index (χ1) is 11.9. The van der Waals surface area contributed by atoms with Gasteiger partial charge < -0.3 is 15.4 Å². The van der Waals surface area contributed by atoms with Crippen molar-refractivity contribution in [2.75, 3.05) is 12.4 Å². The molecule has 2 N–H and O–H groups in total. The van der Waals surface area contributed by atoms with Crippen LogP contribution in [-0.4, -0.2) is 29.1 Å². The maximum atomic E-state index is 13.0. The number of pyridine rings is 1. The van der Waals surface area contributed by atoms with Gasteiger partial charge >= 0.3 is 11.7 Å². The lowest BCUT2D eigenvalue weighted by Crippen LogP contribution is -2.40. The third kappa shape index (κ3) is 4.70. The van der Waals surface area contributed by atoms with Crippen LogP contribution in [-0.2, 0) is 4.74 Å². The zero-order chi connectivity index (χ0) is 18.4. The summed E-state index contributed by atoms with van der Waals surface area (Å²) in [6, 6.07) is 5.95. The molecule has 1 heterocycles. The van der Waals surface area contributed by atoms with Gasteiger partial charge in [0, 0.05) is 13.3 Å². The van der Waals surface area contributed by atoms with E-state index in [0.29, 0.717) is 5.56 Å². The summed E-state index contributed by atoms with van der Waals surface area (Å²) >= 11 is 0. The number of nitro groups is 1. The van der Waals surface area contributed by atoms with Gasteiger partial charge in [-0.3, -0.25) is 15.1 Å². The van der Waals surface area contributed by atoms with Crippen molar-refractivity contribution in [2.24, 2.45) is 0 Å². The topological polar surface area (TPSA) is 106 Å². The number of halogens is 1. The van der Waals surface area contributed by atoms with E-state index in [1.165, 1.54) is 31.5 Å². The number of methoxy groups -OCH3 is 1. The molecule has 0 saturated heterocycles. The third-order valence-electron chi connectivity index (χ3n) is 3.51. The molecule has 0 aliphatic carbocycles. The number of nitrogens with one attached hydrogen (secondary N) is 2. The number of hydrogen-bond acceptors (Lipinski definition) is 5. The summed E-state index contributed by atoms with van der Waals surface area (Å²) in [6.45, 7) is 1.71. The second kappa shape index (κ2) is 8.15. The van der Waals surface area contributed by atoms with E-state index in [1.54, 1.807) is 19.1 Å². The van der Waals surface area contributed by atoms with E-state index in [9.17, 15) is 19.3 Å². The van der Waals surface area contributed by atoms with Crippen LogP contribution in [0.3, 0.4) is 0 Å². The standard InChI is InChI=1S/C16H17FN4O4/c1-10(15(25-2)11-3-5-12(17)6-4-11)19-16(22)20-13-7-8-18-9-14(13)21(23)24/h3-10,15H,1-2H3,(H2,18,19,20,22). The molecule has 9 heteroatoms. The molecule has 132 valence electrons. The van der Waals surface area contributed by atoms with Gasteiger partial charge in [0.1, 0.15) is 23.8 Å². The van der Waals surface area contributed by atoms with Crippen LogP contribution in [0.1, 0.15) is 18.6 Å². The Bertz CT molecular complexity index is 754. The number of carbonyl (C=O) groups is 1. The molecular formula is C16H17FN4O4. The molecule has 0 saturated carbocycles. The number of amides is 2. The fourth-order valence-electron chi connectivity index (χ4n) is 2.36. The molecule has 2 aromatic rings. The van der Waals surface area contributed by atoms with E-state index in [4.69, 9.17) is 4.74 Å². The van der Waals surface area contributed by atoms with Crippen LogP contribution in [0.4, 0.5) is 20.6 Å². The van der Waals surface area contributed by atoms with Crippen LogP contribution in [0.5, 0.6) is 0 Å². The van der Waals surface area contributed by atoms with Gasteiger partial charge in [0.05, 0.1) is 11.0 Å². The summed E-state index contributed by atoms with van der Waals surface area (Å²) in [5.74, 6) is -0.373. The second-order valence-electron chi connectivity index (χ2n) is 5.24. The SMILES string of the molecule is COC(c1ccc(F)cc1)C(C)NC(=O)Nc1ccncc1[N+](=O)[O-]. The van der Waals surface area contributed by atoms with E-state index >= 15 is 0 Å². The highest BCUT2D eigenvalue weighted by molar-refractivity contribution is 5.91. The highest BCUT2D eigenvalue weighted by atomic mass is 19.1. The van der Waals surface area contributed by atoms with Crippen LogP contribution in [0.25, 0.3) is 0 Å². The normalized spacial score (nSPS) is 12.9. The molecule has 0 bridgehead atoms. The summed E-state index contributed by atoms with van der Waals surface area (Å²) in [4.78, 5) is 26.1. The predicted molar refractivity (Wildman–Crippen MR) is 88.7 cm³/mol. The first kappa shape index (κ1) is 18.3. The van der Waals surface area contributed by atoms with Crippen molar-refractivity contribution in [3.63, 3.8) is 0 Å². The molecule has 2 amide bonds. The van der Waals surface area contributed by atoms with Crippen molar-refractivity contribution < 1.29 is 18.8 Å². The maximum Gasteiger partial charge on any atom is 0.319 e. The molecule has 0 aliphatic rings. The Morgan fingerprint density at radius 2 is 2.00 bits per heavy atom. The molecule has 1 aromatic carbocycles. The first-order valence-electron chi connectivity index (χ1n) is 7.36. The predicted octanol–water partition coefficient (Wildman–Crippen LogP) is 3.03. The van der Waals surface area contributed by atoms with E-state index < -0.39 is 23.1 Å². The van der Waals surface area contributed by atoms with E-state index in [0.717, 1.165) is 6.20 Å². The lowest BCUT2D eigenvalue weighted by Gasteiger charge is -2.24. The van der Waals surface area contributed by atoms with Crippen molar-refractivity contribution in [2.45, 2.75) is 19.1 Å². The largest absolute Gasteiger partial charge is 0.375 e. The molecule has 0 radical (unpaired) electrons. The van der Waals surface area contributed by atoms with E-state index in [1.807, 2.05) is 0 Å². The second-order valence-corrected chi connectivity index (χ2v) is 5.24. The quantitative estimate of drug-likeness (QED) is 0.616. The smallest absolute Gasteiger partial charge is 0.319 e. The van der Waals surface area contributed by atoms with Gasteiger partial charge in [-0.25, -0.2) is 9.18 Å². The van der Waals surface area contributed by atoms with Crippen LogP contribution in [0.15, 0.2) is 42.7 Å². The fraction of sp³-hybridized carbons (Fsp3) is 0.250. The lowest BCUT2D eigenvalue weighted by molar-refractivity contribution is -0.384. The molecule has 1 aromatic heterocycles. The molecule has 2 rings (SSSR count). The molecule has 2 unspecified atom stereocenters. The van der Waals surface area contributed by atoms with Gasteiger partial charge in [0.15, 0.2) is 0 Å². The summed E-state index contributed by atoms with van der Waals surface area (Å²) in [6.07, 6.45) is 1.87. The minimum atomic E-state index is -0.636. The molecular weight excluding hydrogens is 331 g/mol. The molecule has 8 nitrogen and oxygen atoms in total. The number of urea groups is 1. The van der Waals surface area contributed by atoms with Gasteiger partial charge in [-0.2, -0.15) is 0 Å². The first-order valence-corrected chi connectivity index (χ1v) is 7.36. The summed E-state index contributed by atoms with van der Waals surface area (Å²) in [5.41, 5.74) is 0.402. The number of carbonyl (C=O) groups excluding carboxylic acids is 1. The molecule has 25 heavy (non-hydrogen) atoms. The van der Waals surface area contributed by atoms with Gasteiger partial charge in [-0.15, -0.1) is 0 Å². The van der Waals surface area contributed by atoms with Crippen LogP contribution >= 0.6 is 0 Å². The highest BCUT2D eigenvalue weighted by Gasteiger charge is 2.22. The summed E-state index contributed by atoms with van der Waals surface area (Å²) < 4.78 is 18.4. The van der Waals surface area contributed by atoms with Gasteiger partial charge in [-0.05, 0) is 30.7 Å². The van der Waals surface area contributed by atoms with Crippen molar-refractivity contribution in [3.05, 3.63) is 64.2 Å². The molecule has 2 atom stereocenters. The van der Waals surface area contributed by atoms with Crippen LogP contribution in [0.2, 0.25) is 0 Å². The lowest BCUT2D eigenvalue weighted by atomic mass is 10.0. The molecule has 0 aliphatic heterocycles. The number of benzene rings is 1. The van der Waals surface area contributed by atoms with Crippen molar-refractivity contribution >= 4 is 17.4 Å². The highest BCUT2D eigenvalue weighted by Crippen LogP contribution is 2.23. The fourth-order valence-corrected chi connectivity index (χ4v) is 2.36. The number of anilines is 1. The van der Waals surface area contributed by atoms with Crippen LogP contribution in [0, 0.1) is 15.9 Å². The molecule has 0 fully saturated rings. The zero-order valence-electron chi connectivity index (χ0n) is 13.6. The minimum absolute atomic E-state index is 0.0282. The average molecular weight is 348 g/mol. The van der Waals surface area contributed by atoms with Gasteiger partial charge in [-0.1, -0.05) is 12.1 Å². The number of aromatic nitrogens is 1. The van der Waals surface area contributed by atoms with E-state index in [2.05, 4.69) is 15.6 Å². The van der Waals surface area contributed by atoms with Gasteiger partial charge in [0.25, 0.3) is 0 Å². The number of hydrogen-bond donors (Lipinski definition) is 2. The van der Waals surface area contributed by atoms with Crippen LogP contribution < -0.4 is 10.6 Å². The Balaban J connectivity index is 2.06. The molecule has 0 spiro atoms. The Labute approximate surface area is 143 Å². The summed E-state index contributed by atoms with van der Waals surface area (Å²) in [7, 11) is 1.47. The Morgan fingerprint density at radius 1 is 1.32 bits per heavy atom. The summed E-state index contributed by atoms with van der Waals surface area (Å²) in [5, 5.41) is 16.0. The number of rotatable bonds is 6. The monoisotopic (exact) mass is 348 g/mol. The van der Waals surface area contributed by atoms with Crippen molar-refractivity contribution in [3.8, 4) is 0 Å². The number of ether oxygens (including phenoxy) is 1. The van der Waals surface area contributed by atoms with E-state index in [-0.39, 0.29) is 17.2 Å². The third-order valence-corrected chi connectivity index (χ3v) is 3.51. The van der Waals surface area contributed by atoms with Crippen molar-refractivity contribution in [1.29, 1.82) is 0 Å². The van der Waals surface area contributed by atoms with Gasteiger partial charge in [0.2, 0.25) is 0 Å². The number of nitrogens with zero attached hydrogens (tertiary/aromatic N) is 2. The Morgan fingerprint density at radius 3 is 2.60 bits per heavy atom.